The van der Waals surface area contributed by atoms with Gasteiger partial charge in [0.15, 0.2) is 0 Å². The summed E-state index contributed by atoms with van der Waals surface area (Å²) in [7, 11) is 0. The van der Waals surface area contributed by atoms with Crippen LogP contribution < -0.4 is 5.32 Å². The standard InChI is InChI=1S/C12H13NO2S/c1-9(8-10-4-2-6-15-10)13-12(14)11-5-3-7-16-11/h2-7,9H,8H2,1H3,(H,13,14)/t9-/m0/s1. The maximum atomic E-state index is 11.7. The molecule has 2 rings (SSSR count). The molecule has 0 radical (unpaired) electrons. The molecule has 2 aromatic heterocycles. The number of carbonyl (C=O) groups is 1. The molecule has 3 nitrogen and oxygen atoms in total. The van der Waals surface area contributed by atoms with Gasteiger partial charge in [-0.15, -0.1) is 11.3 Å². The highest BCUT2D eigenvalue weighted by molar-refractivity contribution is 7.12. The Bertz CT molecular complexity index is 434. The highest BCUT2D eigenvalue weighted by Gasteiger charge is 2.11. The summed E-state index contributed by atoms with van der Waals surface area (Å²) in [6.45, 7) is 1.97. The van der Waals surface area contributed by atoms with Crippen LogP contribution in [0.4, 0.5) is 0 Å². The molecular formula is C12H13NO2S. The van der Waals surface area contributed by atoms with Crippen LogP contribution in [-0.2, 0) is 6.42 Å². The highest BCUT2D eigenvalue weighted by atomic mass is 32.1. The maximum Gasteiger partial charge on any atom is 0.261 e. The minimum absolute atomic E-state index is 0.0194. The molecule has 0 aliphatic carbocycles. The summed E-state index contributed by atoms with van der Waals surface area (Å²) in [5, 5.41) is 4.83. The lowest BCUT2D eigenvalue weighted by molar-refractivity contribution is 0.0943. The normalized spacial score (nSPS) is 12.3. The van der Waals surface area contributed by atoms with Gasteiger partial charge in [0, 0.05) is 12.5 Å². The Labute approximate surface area is 98.1 Å². The first kappa shape index (κ1) is 11.0. The smallest absolute Gasteiger partial charge is 0.261 e. The Kier molecular flexibility index (Phi) is 3.41. The van der Waals surface area contributed by atoms with Crippen LogP contribution in [0.2, 0.25) is 0 Å². The van der Waals surface area contributed by atoms with Crippen molar-refractivity contribution in [2.75, 3.05) is 0 Å². The van der Waals surface area contributed by atoms with E-state index in [0.717, 1.165) is 10.6 Å². The second-order valence-corrected chi connectivity index (χ2v) is 4.58. The molecule has 0 aliphatic heterocycles. The van der Waals surface area contributed by atoms with Crippen LogP contribution in [-0.4, -0.2) is 11.9 Å². The van der Waals surface area contributed by atoms with Crippen LogP contribution in [0.1, 0.15) is 22.4 Å². The monoisotopic (exact) mass is 235 g/mol. The molecule has 2 heterocycles. The van der Waals surface area contributed by atoms with Gasteiger partial charge in [-0.2, -0.15) is 0 Å². The lowest BCUT2D eigenvalue weighted by Gasteiger charge is -2.11. The lowest BCUT2D eigenvalue weighted by Crippen LogP contribution is -2.33. The summed E-state index contributed by atoms with van der Waals surface area (Å²) in [4.78, 5) is 12.5. The second-order valence-electron chi connectivity index (χ2n) is 3.64. The van der Waals surface area contributed by atoms with E-state index < -0.39 is 0 Å². The van der Waals surface area contributed by atoms with E-state index in [9.17, 15) is 4.79 Å². The number of nitrogens with one attached hydrogen (secondary N) is 1. The van der Waals surface area contributed by atoms with Gasteiger partial charge in [0.2, 0.25) is 0 Å². The van der Waals surface area contributed by atoms with Gasteiger partial charge in [0.05, 0.1) is 11.1 Å². The largest absolute Gasteiger partial charge is 0.469 e. The Morgan fingerprint density at radius 1 is 1.50 bits per heavy atom. The van der Waals surface area contributed by atoms with Gasteiger partial charge in [-0.25, -0.2) is 0 Å². The third-order valence-electron chi connectivity index (χ3n) is 2.21. The van der Waals surface area contributed by atoms with Crippen LogP contribution >= 0.6 is 11.3 Å². The Morgan fingerprint density at radius 3 is 3.00 bits per heavy atom. The van der Waals surface area contributed by atoms with Gasteiger partial charge in [0.1, 0.15) is 5.76 Å². The van der Waals surface area contributed by atoms with E-state index in [1.165, 1.54) is 11.3 Å². The van der Waals surface area contributed by atoms with Crippen molar-refractivity contribution in [1.29, 1.82) is 0 Å². The first-order valence-electron chi connectivity index (χ1n) is 5.12. The Balaban J connectivity index is 1.88. The molecule has 1 N–H and O–H groups in total. The summed E-state index contributed by atoms with van der Waals surface area (Å²) in [6, 6.07) is 7.52. The molecule has 0 saturated carbocycles. The van der Waals surface area contributed by atoms with Crippen molar-refractivity contribution in [3.63, 3.8) is 0 Å². The fraction of sp³-hybridized carbons (Fsp3) is 0.250. The zero-order valence-electron chi connectivity index (χ0n) is 8.97. The number of furan rings is 1. The number of hydrogen-bond donors (Lipinski definition) is 1. The summed E-state index contributed by atoms with van der Waals surface area (Å²) < 4.78 is 5.23. The van der Waals surface area contributed by atoms with E-state index in [1.54, 1.807) is 6.26 Å². The average molecular weight is 235 g/mol. The van der Waals surface area contributed by atoms with Crippen LogP contribution in [0.3, 0.4) is 0 Å². The van der Waals surface area contributed by atoms with Crippen LogP contribution in [0.5, 0.6) is 0 Å². The van der Waals surface area contributed by atoms with Gasteiger partial charge in [-0.05, 0) is 30.5 Å². The highest BCUT2D eigenvalue weighted by Crippen LogP contribution is 2.09. The number of carbonyl (C=O) groups excluding carboxylic acids is 1. The predicted octanol–water partition coefficient (Wildman–Crippen LogP) is 2.70. The maximum absolute atomic E-state index is 11.7. The molecule has 0 aromatic carbocycles. The van der Waals surface area contributed by atoms with Crippen LogP contribution in [0.25, 0.3) is 0 Å². The quantitative estimate of drug-likeness (QED) is 0.885. The number of amides is 1. The Morgan fingerprint density at radius 2 is 2.38 bits per heavy atom. The summed E-state index contributed by atoms with van der Waals surface area (Å²) in [5.41, 5.74) is 0. The van der Waals surface area contributed by atoms with Gasteiger partial charge in [0.25, 0.3) is 5.91 Å². The third-order valence-corrected chi connectivity index (χ3v) is 3.08. The molecule has 0 spiro atoms. The van der Waals surface area contributed by atoms with Gasteiger partial charge in [-0.3, -0.25) is 4.79 Å². The van der Waals surface area contributed by atoms with Gasteiger partial charge < -0.3 is 9.73 Å². The van der Waals surface area contributed by atoms with Crippen molar-refractivity contribution in [1.82, 2.24) is 5.32 Å². The second kappa shape index (κ2) is 4.99. The van der Waals surface area contributed by atoms with E-state index in [0.29, 0.717) is 6.42 Å². The molecule has 0 saturated heterocycles. The van der Waals surface area contributed by atoms with Gasteiger partial charge in [-0.1, -0.05) is 6.07 Å². The third kappa shape index (κ3) is 2.73. The summed E-state index contributed by atoms with van der Waals surface area (Å²) in [6.07, 6.45) is 2.35. The van der Waals surface area contributed by atoms with Crippen molar-refractivity contribution < 1.29 is 9.21 Å². The van der Waals surface area contributed by atoms with Gasteiger partial charge >= 0.3 is 0 Å². The molecule has 2 aromatic rings. The van der Waals surface area contributed by atoms with Crippen LogP contribution in [0, 0.1) is 0 Å². The van der Waals surface area contributed by atoms with Crippen LogP contribution in [0.15, 0.2) is 40.3 Å². The first-order chi connectivity index (χ1) is 7.75. The van der Waals surface area contributed by atoms with E-state index in [-0.39, 0.29) is 11.9 Å². The summed E-state index contributed by atoms with van der Waals surface area (Å²) >= 11 is 1.45. The van der Waals surface area contributed by atoms with E-state index >= 15 is 0 Å². The van der Waals surface area contributed by atoms with Crippen molar-refractivity contribution in [3.8, 4) is 0 Å². The minimum Gasteiger partial charge on any atom is -0.469 e. The minimum atomic E-state index is -0.0194. The average Bonchev–Trinajstić information content (AvgIpc) is 2.88. The fourth-order valence-corrected chi connectivity index (χ4v) is 2.11. The fourth-order valence-electron chi connectivity index (χ4n) is 1.48. The molecular weight excluding hydrogens is 222 g/mol. The van der Waals surface area contributed by atoms with Crippen molar-refractivity contribution in [2.45, 2.75) is 19.4 Å². The number of rotatable bonds is 4. The predicted molar refractivity (Wildman–Crippen MR) is 63.7 cm³/mol. The van der Waals surface area contributed by atoms with Crippen molar-refractivity contribution >= 4 is 17.2 Å². The Hall–Kier alpha value is -1.55. The molecule has 0 aliphatic rings. The van der Waals surface area contributed by atoms with E-state index in [4.69, 9.17) is 4.42 Å². The molecule has 0 fully saturated rings. The molecule has 0 unspecified atom stereocenters. The number of hydrogen-bond acceptors (Lipinski definition) is 3. The zero-order chi connectivity index (χ0) is 11.4. The van der Waals surface area contributed by atoms with Crippen molar-refractivity contribution in [2.24, 2.45) is 0 Å². The molecule has 1 amide bonds. The molecule has 4 heteroatoms. The van der Waals surface area contributed by atoms with E-state index in [1.807, 2.05) is 36.6 Å². The molecule has 0 bridgehead atoms. The topological polar surface area (TPSA) is 42.2 Å². The lowest BCUT2D eigenvalue weighted by atomic mass is 10.2. The van der Waals surface area contributed by atoms with Crippen molar-refractivity contribution in [3.05, 3.63) is 46.5 Å². The van der Waals surface area contributed by atoms with E-state index in [2.05, 4.69) is 5.32 Å². The SMILES string of the molecule is C[C@@H](Cc1ccco1)NC(=O)c1cccs1. The number of thiophene rings is 1. The molecule has 1 atom stereocenters. The molecule has 84 valence electrons. The first-order valence-corrected chi connectivity index (χ1v) is 6.00. The zero-order valence-corrected chi connectivity index (χ0v) is 9.79. The molecule has 16 heavy (non-hydrogen) atoms. The summed E-state index contributed by atoms with van der Waals surface area (Å²) in [5.74, 6) is 0.869.